The van der Waals surface area contributed by atoms with Gasteiger partial charge in [-0.3, -0.25) is 0 Å². The number of hydrogen-bond donors (Lipinski definition) is 0. The van der Waals surface area contributed by atoms with E-state index in [4.69, 9.17) is 4.74 Å². The summed E-state index contributed by atoms with van der Waals surface area (Å²) in [5, 5.41) is 14.8. The van der Waals surface area contributed by atoms with Crippen LogP contribution < -0.4 is 9.84 Å². The summed E-state index contributed by atoms with van der Waals surface area (Å²) in [4.78, 5) is 0. The van der Waals surface area contributed by atoms with Gasteiger partial charge in [0, 0.05) is 17.9 Å². The first-order chi connectivity index (χ1) is 7.28. The second kappa shape index (κ2) is 4.13. The smallest absolute Gasteiger partial charge is 0.203 e. The molecular formula is C11H12N2O2. The van der Waals surface area contributed by atoms with Gasteiger partial charge in [-0.1, -0.05) is 10.8 Å². The van der Waals surface area contributed by atoms with Crippen LogP contribution in [0.1, 0.15) is 12.0 Å². The quantitative estimate of drug-likeness (QED) is 0.646. The Morgan fingerprint density at radius 3 is 3.07 bits per heavy atom. The van der Waals surface area contributed by atoms with Crippen LogP contribution in [0.3, 0.4) is 0 Å². The Hall–Kier alpha value is -1.84. The van der Waals surface area contributed by atoms with Crippen LogP contribution in [-0.2, 0) is 0 Å². The van der Waals surface area contributed by atoms with Crippen LogP contribution in [0.5, 0.6) is 5.75 Å². The predicted octanol–water partition coefficient (Wildman–Crippen LogP) is 0.204. The van der Waals surface area contributed by atoms with Crippen molar-refractivity contribution in [3.8, 4) is 5.75 Å². The number of hydrogen-bond acceptors (Lipinski definition) is 3. The molecule has 0 radical (unpaired) electrons. The van der Waals surface area contributed by atoms with E-state index in [1.807, 2.05) is 30.5 Å². The predicted molar refractivity (Wildman–Crippen MR) is 55.3 cm³/mol. The summed E-state index contributed by atoms with van der Waals surface area (Å²) in [7, 11) is 1.63. The number of nitrogens with zero attached hydrogens (tertiary/aromatic N) is 2. The molecule has 1 aromatic carbocycles. The molecular weight excluding hydrogens is 192 g/mol. The lowest BCUT2D eigenvalue weighted by Crippen LogP contribution is -2.13. The van der Waals surface area contributed by atoms with Crippen LogP contribution >= 0.6 is 0 Å². The van der Waals surface area contributed by atoms with Crippen molar-refractivity contribution >= 4 is 12.1 Å². The minimum absolute atomic E-state index is 0.0610. The van der Waals surface area contributed by atoms with E-state index in [1.54, 1.807) is 11.8 Å². The van der Waals surface area contributed by atoms with Gasteiger partial charge in [-0.15, -0.1) is 0 Å². The number of benzene rings is 1. The van der Waals surface area contributed by atoms with E-state index in [0.717, 1.165) is 11.3 Å². The van der Waals surface area contributed by atoms with E-state index in [0.29, 0.717) is 13.0 Å². The Bertz CT molecular complexity index is 424. The van der Waals surface area contributed by atoms with Crippen LogP contribution in [0, 0.1) is 0 Å². The number of hydrazone groups is 1. The number of ether oxygens (including phenoxy) is 1. The zero-order chi connectivity index (χ0) is 10.7. The third kappa shape index (κ3) is 2.34. The molecule has 78 valence electrons. The maximum absolute atomic E-state index is 10.9. The van der Waals surface area contributed by atoms with Gasteiger partial charge in [-0.25, -0.2) is 0 Å². The summed E-state index contributed by atoms with van der Waals surface area (Å²) in [6.45, 7) is 0.663. The molecule has 2 rings (SSSR count). The number of methoxy groups -OCH3 is 1. The molecule has 4 nitrogen and oxygen atoms in total. The average molecular weight is 204 g/mol. The highest BCUT2D eigenvalue weighted by atomic mass is 16.5. The highest BCUT2D eigenvalue weighted by Crippen LogP contribution is 2.11. The van der Waals surface area contributed by atoms with E-state index in [2.05, 4.69) is 5.10 Å². The van der Waals surface area contributed by atoms with E-state index >= 15 is 0 Å². The normalized spacial score (nSPS) is 17.9. The third-order valence-electron chi connectivity index (χ3n) is 2.19. The lowest BCUT2D eigenvalue weighted by molar-refractivity contribution is -0.519. The molecule has 0 atom stereocenters. The van der Waals surface area contributed by atoms with Gasteiger partial charge in [0.2, 0.25) is 6.21 Å². The highest BCUT2D eigenvalue weighted by Gasteiger charge is 2.11. The standard InChI is InChI=1S/C11H12N2O2/c1-15-10-4-2-3-9(7-10)8-13-6-5-11(14)12-13/h2-4,7-8H,5-6H2,1H3. The second-order valence-electron chi connectivity index (χ2n) is 3.31. The van der Waals surface area contributed by atoms with E-state index in [-0.39, 0.29) is 5.90 Å². The maximum atomic E-state index is 10.9. The van der Waals surface area contributed by atoms with Gasteiger partial charge in [0.05, 0.1) is 7.11 Å². The molecule has 1 heterocycles. The molecule has 0 saturated heterocycles. The molecule has 1 aromatic rings. The van der Waals surface area contributed by atoms with Gasteiger partial charge in [0.25, 0.3) is 0 Å². The fraction of sp³-hybridized carbons (Fsp3) is 0.273. The third-order valence-corrected chi connectivity index (χ3v) is 2.19. The molecule has 0 aromatic heterocycles. The minimum atomic E-state index is -0.0610. The maximum Gasteiger partial charge on any atom is 0.203 e. The van der Waals surface area contributed by atoms with Gasteiger partial charge < -0.3 is 9.84 Å². The van der Waals surface area contributed by atoms with Crippen molar-refractivity contribution in [3.63, 3.8) is 0 Å². The van der Waals surface area contributed by atoms with Crippen LogP contribution in [-0.4, -0.2) is 30.5 Å². The molecule has 0 bridgehead atoms. The molecule has 0 unspecified atom stereocenters. The Morgan fingerprint density at radius 2 is 2.40 bits per heavy atom. The molecule has 4 heteroatoms. The van der Waals surface area contributed by atoms with Gasteiger partial charge in [-0.05, 0) is 23.3 Å². The molecule has 0 amide bonds. The van der Waals surface area contributed by atoms with Crippen molar-refractivity contribution in [1.82, 2.24) is 0 Å². The average Bonchev–Trinajstić information content (AvgIpc) is 2.64. The lowest BCUT2D eigenvalue weighted by atomic mass is 10.2. The summed E-state index contributed by atoms with van der Waals surface area (Å²) >= 11 is 0. The van der Waals surface area contributed by atoms with Crippen molar-refractivity contribution in [3.05, 3.63) is 29.8 Å². The Balaban J connectivity index is 2.23. The zero-order valence-corrected chi connectivity index (χ0v) is 8.51. The summed E-state index contributed by atoms with van der Waals surface area (Å²) in [6.07, 6.45) is 2.34. The first kappa shape index (κ1) is 9.71. The summed E-state index contributed by atoms with van der Waals surface area (Å²) in [6, 6.07) is 7.63. The molecule has 0 saturated carbocycles. The van der Waals surface area contributed by atoms with E-state index in [1.165, 1.54) is 0 Å². The first-order valence-corrected chi connectivity index (χ1v) is 4.78. The van der Waals surface area contributed by atoms with Crippen molar-refractivity contribution < 1.29 is 14.5 Å². The van der Waals surface area contributed by atoms with Gasteiger partial charge in [-0.2, -0.15) is 0 Å². The summed E-state index contributed by atoms with van der Waals surface area (Å²) in [5.74, 6) is 0.739. The Labute approximate surface area is 88.1 Å². The summed E-state index contributed by atoms with van der Waals surface area (Å²) in [5.41, 5.74) is 0.979. The molecule has 15 heavy (non-hydrogen) atoms. The van der Waals surface area contributed by atoms with Crippen molar-refractivity contribution in [2.75, 3.05) is 13.7 Å². The van der Waals surface area contributed by atoms with Crippen LogP contribution in [0.25, 0.3) is 0 Å². The van der Waals surface area contributed by atoms with Crippen LogP contribution in [0.2, 0.25) is 0 Å². The molecule has 0 spiro atoms. The minimum Gasteiger partial charge on any atom is -0.857 e. The van der Waals surface area contributed by atoms with Crippen LogP contribution in [0.4, 0.5) is 0 Å². The van der Waals surface area contributed by atoms with E-state index in [9.17, 15) is 5.11 Å². The van der Waals surface area contributed by atoms with Crippen molar-refractivity contribution in [2.45, 2.75) is 6.42 Å². The van der Waals surface area contributed by atoms with Gasteiger partial charge in [0.1, 0.15) is 5.75 Å². The Morgan fingerprint density at radius 1 is 1.53 bits per heavy atom. The second-order valence-corrected chi connectivity index (χ2v) is 3.31. The van der Waals surface area contributed by atoms with Crippen LogP contribution in [0.15, 0.2) is 29.4 Å². The summed E-state index contributed by atoms with van der Waals surface area (Å²) < 4.78 is 6.77. The van der Waals surface area contributed by atoms with Gasteiger partial charge in [0.15, 0.2) is 6.54 Å². The fourth-order valence-corrected chi connectivity index (χ4v) is 1.44. The molecule has 0 fully saturated rings. The zero-order valence-electron chi connectivity index (χ0n) is 8.51. The van der Waals surface area contributed by atoms with E-state index < -0.39 is 0 Å². The Kier molecular flexibility index (Phi) is 2.67. The van der Waals surface area contributed by atoms with Gasteiger partial charge >= 0.3 is 0 Å². The monoisotopic (exact) mass is 204 g/mol. The first-order valence-electron chi connectivity index (χ1n) is 4.78. The SMILES string of the molecule is COc1cccc(C=[N+]2CCC([O-])=N2)c1. The molecule has 1 aliphatic heterocycles. The lowest BCUT2D eigenvalue weighted by Gasteiger charge is -1.98. The molecule has 1 aliphatic rings. The van der Waals surface area contributed by atoms with Crippen molar-refractivity contribution in [1.29, 1.82) is 0 Å². The molecule has 0 N–H and O–H groups in total. The largest absolute Gasteiger partial charge is 0.857 e. The topological polar surface area (TPSA) is 47.7 Å². The highest BCUT2D eigenvalue weighted by molar-refractivity contribution is 5.78. The fourth-order valence-electron chi connectivity index (χ4n) is 1.44. The number of rotatable bonds is 2. The molecule has 0 aliphatic carbocycles. The van der Waals surface area contributed by atoms with Crippen molar-refractivity contribution in [2.24, 2.45) is 5.10 Å².